The zero-order valence-corrected chi connectivity index (χ0v) is 19.5. The lowest BCUT2D eigenvalue weighted by Crippen LogP contribution is -2.29. The lowest BCUT2D eigenvalue weighted by molar-refractivity contribution is -0.386. The standard InChI is InChI=1S/C23H24ClN5O4/c1-14(18-9-11-20(12-10-18)33-13-19-7-5-6-8-21(19)24)25-26-23(30)17(4)28-16(3)22(29(31)32)15(2)27-28/h5-12,17H,13H2,1-4H3,(H,26,30)/b25-14+. The van der Waals surface area contributed by atoms with Crippen LogP contribution in [-0.4, -0.2) is 26.3 Å². The molecule has 1 atom stereocenters. The second-order valence-electron chi connectivity index (χ2n) is 7.47. The molecular formula is C23H24ClN5O4. The summed E-state index contributed by atoms with van der Waals surface area (Å²) in [5.74, 6) is 0.241. The second kappa shape index (κ2) is 10.3. The van der Waals surface area contributed by atoms with E-state index in [-0.39, 0.29) is 11.4 Å². The molecule has 0 radical (unpaired) electrons. The summed E-state index contributed by atoms with van der Waals surface area (Å²) in [6.07, 6.45) is 0. The smallest absolute Gasteiger partial charge is 0.312 e. The van der Waals surface area contributed by atoms with Crippen molar-refractivity contribution in [1.29, 1.82) is 0 Å². The van der Waals surface area contributed by atoms with Crippen LogP contribution in [0.25, 0.3) is 0 Å². The average molecular weight is 470 g/mol. The molecular weight excluding hydrogens is 446 g/mol. The van der Waals surface area contributed by atoms with Crippen LogP contribution in [0.3, 0.4) is 0 Å². The van der Waals surface area contributed by atoms with Gasteiger partial charge >= 0.3 is 5.69 Å². The third kappa shape index (κ3) is 5.56. The van der Waals surface area contributed by atoms with Crippen LogP contribution >= 0.6 is 11.6 Å². The number of carbonyl (C=O) groups excluding carboxylic acids is 1. The molecule has 0 saturated heterocycles. The maximum Gasteiger partial charge on any atom is 0.312 e. The van der Waals surface area contributed by atoms with E-state index in [1.807, 2.05) is 48.5 Å². The predicted molar refractivity (Wildman–Crippen MR) is 126 cm³/mol. The first kappa shape index (κ1) is 23.9. The van der Waals surface area contributed by atoms with Gasteiger partial charge in [0.1, 0.15) is 29.8 Å². The number of benzene rings is 2. The van der Waals surface area contributed by atoms with E-state index in [0.29, 0.717) is 28.8 Å². The summed E-state index contributed by atoms with van der Waals surface area (Å²) in [6.45, 7) is 6.82. The molecule has 172 valence electrons. The van der Waals surface area contributed by atoms with Gasteiger partial charge in [0.05, 0.1) is 10.6 Å². The molecule has 0 aliphatic rings. The fourth-order valence-corrected chi connectivity index (χ4v) is 3.46. The van der Waals surface area contributed by atoms with E-state index in [9.17, 15) is 14.9 Å². The van der Waals surface area contributed by atoms with E-state index in [0.717, 1.165) is 11.1 Å². The van der Waals surface area contributed by atoms with Crippen LogP contribution in [-0.2, 0) is 11.4 Å². The van der Waals surface area contributed by atoms with Crippen molar-refractivity contribution in [2.24, 2.45) is 5.10 Å². The number of carbonyl (C=O) groups is 1. The van der Waals surface area contributed by atoms with Gasteiger partial charge in [-0.3, -0.25) is 19.6 Å². The Morgan fingerprint density at radius 2 is 1.91 bits per heavy atom. The second-order valence-corrected chi connectivity index (χ2v) is 7.88. The lowest BCUT2D eigenvalue weighted by atomic mass is 10.1. The topological polar surface area (TPSA) is 112 Å². The first-order valence-corrected chi connectivity index (χ1v) is 10.6. The molecule has 1 unspecified atom stereocenters. The molecule has 1 heterocycles. The molecule has 33 heavy (non-hydrogen) atoms. The maximum atomic E-state index is 12.5. The van der Waals surface area contributed by atoms with Crippen molar-refractivity contribution >= 4 is 28.9 Å². The minimum atomic E-state index is -0.769. The number of halogens is 1. The van der Waals surface area contributed by atoms with Crippen molar-refractivity contribution in [2.45, 2.75) is 40.3 Å². The average Bonchev–Trinajstić information content (AvgIpc) is 3.10. The molecule has 1 N–H and O–H groups in total. The van der Waals surface area contributed by atoms with Crippen molar-refractivity contribution < 1.29 is 14.5 Å². The van der Waals surface area contributed by atoms with Crippen molar-refractivity contribution in [3.05, 3.63) is 86.2 Å². The van der Waals surface area contributed by atoms with Crippen molar-refractivity contribution in [3.8, 4) is 5.75 Å². The largest absolute Gasteiger partial charge is 0.489 e. The molecule has 10 heteroatoms. The summed E-state index contributed by atoms with van der Waals surface area (Å²) in [7, 11) is 0. The Hall–Kier alpha value is -3.72. The minimum Gasteiger partial charge on any atom is -0.489 e. The lowest BCUT2D eigenvalue weighted by Gasteiger charge is -2.12. The number of ether oxygens (including phenoxy) is 1. The Morgan fingerprint density at radius 3 is 2.52 bits per heavy atom. The summed E-state index contributed by atoms with van der Waals surface area (Å²) < 4.78 is 7.11. The highest BCUT2D eigenvalue weighted by atomic mass is 35.5. The molecule has 0 bridgehead atoms. The fourth-order valence-electron chi connectivity index (χ4n) is 3.27. The van der Waals surface area contributed by atoms with E-state index in [4.69, 9.17) is 16.3 Å². The number of nitrogens with one attached hydrogen (secondary N) is 1. The van der Waals surface area contributed by atoms with Crippen molar-refractivity contribution in [2.75, 3.05) is 0 Å². The molecule has 9 nitrogen and oxygen atoms in total. The van der Waals surface area contributed by atoms with E-state index in [1.54, 1.807) is 20.8 Å². The van der Waals surface area contributed by atoms with Gasteiger partial charge in [-0.05, 0) is 63.6 Å². The SMILES string of the molecule is C/C(=N\NC(=O)C(C)n1nc(C)c([N+](=O)[O-])c1C)c1ccc(OCc2ccccc2Cl)cc1. The Morgan fingerprint density at radius 1 is 1.24 bits per heavy atom. The number of nitrogens with zero attached hydrogens (tertiary/aromatic N) is 4. The number of hydrazone groups is 1. The number of nitro groups is 1. The van der Waals surface area contributed by atoms with Crippen LogP contribution in [0, 0.1) is 24.0 Å². The maximum absolute atomic E-state index is 12.5. The van der Waals surface area contributed by atoms with Gasteiger partial charge in [0.15, 0.2) is 0 Å². The summed E-state index contributed by atoms with van der Waals surface area (Å²) in [4.78, 5) is 23.2. The number of hydrogen-bond acceptors (Lipinski definition) is 6. The highest BCUT2D eigenvalue weighted by molar-refractivity contribution is 6.31. The van der Waals surface area contributed by atoms with Crippen LogP contribution in [0.2, 0.25) is 5.02 Å². The van der Waals surface area contributed by atoms with E-state index < -0.39 is 16.9 Å². The predicted octanol–water partition coefficient (Wildman–Crippen LogP) is 4.74. The van der Waals surface area contributed by atoms with Gasteiger partial charge in [0, 0.05) is 10.6 Å². The highest BCUT2D eigenvalue weighted by Gasteiger charge is 2.27. The third-order valence-electron chi connectivity index (χ3n) is 5.17. The fraction of sp³-hybridized carbons (Fsp3) is 0.261. The Bertz CT molecular complexity index is 1200. The Balaban J connectivity index is 1.62. The molecule has 0 aliphatic heterocycles. The molecule has 0 saturated carbocycles. The first-order chi connectivity index (χ1) is 15.7. The number of amides is 1. The third-order valence-corrected chi connectivity index (χ3v) is 5.54. The van der Waals surface area contributed by atoms with Gasteiger partial charge in [-0.1, -0.05) is 29.8 Å². The van der Waals surface area contributed by atoms with Gasteiger partial charge in [-0.25, -0.2) is 5.43 Å². The molecule has 0 aliphatic carbocycles. The summed E-state index contributed by atoms with van der Waals surface area (Å²) >= 11 is 6.14. The molecule has 2 aromatic carbocycles. The van der Waals surface area contributed by atoms with Crippen LogP contribution in [0.4, 0.5) is 5.69 Å². The quantitative estimate of drug-likeness (QED) is 0.291. The number of rotatable bonds is 8. The first-order valence-electron chi connectivity index (χ1n) is 10.2. The highest BCUT2D eigenvalue weighted by Crippen LogP contribution is 2.24. The molecule has 0 fully saturated rings. The van der Waals surface area contributed by atoms with Gasteiger partial charge < -0.3 is 4.74 Å². The summed E-state index contributed by atoms with van der Waals surface area (Å²) in [5.41, 5.74) is 5.27. The zero-order chi connectivity index (χ0) is 24.1. The summed E-state index contributed by atoms with van der Waals surface area (Å²) in [6, 6.07) is 14.0. The van der Waals surface area contributed by atoms with Gasteiger partial charge in [-0.15, -0.1) is 0 Å². The molecule has 1 aromatic heterocycles. The number of aryl methyl sites for hydroxylation is 1. The van der Waals surface area contributed by atoms with Crippen molar-refractivity contribution in [3.63, 3.8) is 0 Å². The Kier molecular flexibility index (Phi) is 7.44. The zero-order valence-electron chi connectivity index (χ0n) is 18.7. The minimum absolute atomic E-state index is 0.0915. The number of hydrogen-bond donors (Lipinski definition) is 1. The van der Waals surface area contributed by atoms with E-state index >= 15 is 0 Å². The summed E-state index contributed by atoms with van der Waals surface area (Å²) in [5, 5.41) is 20.1. The van der Waals surface area contributed by atoms with Gasteiger partial charge in [0.25, 0.3) is 5.91 Å². The van der Waals surface area contributed by atoms with Gasteiger partial charge in [0.2, 0.25) is 0 Å². The monoisotopic (exact) mass is 469 g/mol. The Labute approximate surface area is 196 Å². The van der Waals surface area contributed by atoms with Crippen molar-refractivity contribution in [1.82, 2.24) is 15.2 Å². The van der Waals surface area contributed by atoms with Crippen LogP contribution in [0.15, 0.2) is 53.6 Å². The van der Waals surface area contributed by atoms with Crippen LogP contribution < -0.4 is 10.2 Å². The number of aromatic nitrogens is 2. The van der Waals surface area contributed by atoms with Crippen LogP contribution in [0.5, 0.6) is 5.75 Å². The molecule has 1 amide bonds. The molecule has 3 aromatic rings. The van der Waals surface area contributed by atoms with Gasteiger partial charge in [-0.2, -0.15) is 10.2 Å². The molecule has 3 rings (SSSR count). The molecule has 0 spiro atoms. The van der Waals surface area contributed by atoms with E-state index in [1.165, 1.54) is 11.6 Å². The normalized spacial score (nSPS) is 12.3. The van der Waals surface area contributed by atoms with Crippen LogP contribution in [0.1, 0.15) is 42.4 Å². The van der Waals surface area contributed by atoms with E-state index in [2.05, 4.69) is 15.6 Å².